The fourth-order valence-electron chi connectivity index (χ4n) is 2.50. The Hall–Kier alpha value is -1.81. The summed E-state index contributed by atoms with van der Waals surface area (Å²) in [4.78, 5) is 25.9. The van der Waals surface area contributed by atoms with Gasteiger partial charge in [-0.1, -0.05) is 17.8 Å². The van der Waals surface area contributed by atoms with Crippen LogP contribution in [0.3, 0.4) is 0 Å². The van der Waals surface area contributed by atoms with Crippen LogP contribution in [-0.2, 0) is 4.79 Å². The molecule has 0 atom stereocenters. The van der Waals surface area contributed by atoms with Gasteiger partial charge in [-0.2, -0.15) is 0 Å². The highest BCUT2D eigenvalue weighted by molar-refractivity contribution is 8.03. The van der Waals surface area contributed by atoms with Crippen molar-refractivity contribution in [3.63, 3.8) is 0 Å². The molecular formula is C14H11NO2S. The largest absolute Gasteiger partial charge is 0.365 e. The number of thioether (sulfide) groups is 1. The van der Waals surface area contributed by atoms with Crippen LogP contribution in [0.25, 0.3) is 5.57 Å². The number of nitrogens with two attached hydrogens (primary N) is 1. The lowest BCUT2D eigenvalue weighted by Gasteiger charge is -2.16. The van der Waals surface area contributed by atoms with Gasteiger partial charge in [0.1, 0.15) is 0 Å². The Morgan fingerprint density at radius 3 is 2.61 bits per heavy atom. The number of ketones is 1. The molecule has 90 valence electrons. The van der Waals surface area contributed by atoms with Gasteiger partial charge in [0.2, 0.25) is 0 Å². The minimum absolute atomic E-state index is 0.125. The van der Waals surface area contributed by atoms with Gasteiger partial charge in [-0.25, -0.2) is 0 Å². The third-order valence-corrected chi connectivity index (χ3v) is 4.23. The van der Waals surface area contributed by atoms with E-state index in [1.807, 2.05) is 32.1 Å². The van der Waals surface area contributed by atoms with E-state index in [0.29, 0.717) is 11.1 Å². The monoisotopic (exact) mass is 257 g/mol. The molecule has 0 fully saturated rings. The highest BCUT2D eigenvalue weighted by Gasteiger charge is 2.36. The van der Waals surface area contributed by atoms with E-state index >= 15 is 0 Å². The van der Waals surface area contributed by atoms with Crippen molar-refractivity contribution >= 4 is 29.0 Å². The number of amides is 1. The Morgan fingerprint density at radius 1 is 1.22 bits per heavy atom. The zero-order valence-corrected chi connectivity index (χ0v) is 10.9. The number of allylic oxidation sites excluding steroid dienone is 3. The number of Topliss-reactive ketones (excluding diaryl/α,β-unsaturated/α-hetero) is 1. The number of carbonyl (C=O) groups excluding carboxylic acids is 2. The predicted octanol–water partition coefficient (Wildman–Crippen LogP) is 2.44. The number of aryl methyl sites for hydroxylation is 1. The predicted molar refractivity (Wildman–Crippen MR) is 71.2 cm³/mol. The van der Waals surface area contributed by atoms with Crippen LogP contribution in [0.1, 0.15) is 28.4 Å². The fraction of sp³-hybridized carbons (Fsp3) is 0.143. The van der Waals surface area contributed by atoms with E-state index in [4.69, 9.17) is 5.73 Å². The molecule has 1 aliphatic heterocycles. The first-order valence-electron chi connectivity index (χ1n) is 5.59. The lowest BCUT2D eigenvalue weighted by Crippen LogP contribution is -2.19. The van der Waals surface area contributed by atoms with Gasteiger partial charge in [-0.15, -0.1) is 0 Å². The number of carbonyl (C=O) groups is 2. The molecule has 0 unspecified atom stereocenters. The van der Waals surface area contributed by atoms with Gasteiger partial charge in [0.25, 0.3) is 5.91 Å². The van der Waals surface area contributed by atoms with Crippen molar-refractivity contribution in [3.8, 4) is 0 Å². The Labute approximate surface area is 109 Å². The first kappa shape index (κ1) is 11.3. The molecule has 0 bridgehead atoms. The summed E-state index contributed by atoms with van der Waals surface area (Å²) >= 11 is 1.62. The SMILES string of the molecule is CC1=CC2=C(C(N)=O)C(=O)c3c(C)ccc(c32)S1. The smallest absolute Gasteiger partial charge is 0.253 e. The summed E-state index contributed by atoms with van der Waals surface area (Å²) in [5, 5.41) is 0. The lowest BCUT2D eigenvalue weighted by atomic mass is 10.00. The van der Waals surface area contributed by atoms with Crippen molar-refractivity contribution in [3.05, 3.63) is 45.4 Å². The average molecular weight is 257 g/mol. The maximum Gasteiger partial charge on any atom is 0.253 e. The second-order valence-corrected chi connectivity index (χ2v) is 5.76. The van der Waals surface area contributed by atoms with Crippen LogP contribution in [0.2, 0.25) is 0 Å². The van der Waals surface area contributed by atoms with Crippen molar-refractivity contribution in [2.24, 2.45) is 5.73 Å². The van der Waals surface area contributed by atoms with Gasteiger partial charge in [0.05, 0.1) is 5.57 Å². The fourth-order valence-corrected chi connectivity index (χ4v) is 3.47. The third kappa shape index (κ3) is 1.32. The average Bonchev–Trinajstić information content (AvgIpc) is 2.57. The van der Waals surface area contributed by atoms with Crippen LogP contribution >= 0.6 is 11.8 Å². The summed E-state index contributed by atoms with van der Waals surface area (Å²) in [6.07, 6.45) is 1.88. The minimum atomic E-state index is -0.646. The summed E-state index contributed by atoms with van der Waals surface area (Å²) in [5.41, 5.74) is 8.57. The number of hydrogen-bond acceptors (Lipinski definition) is 3. The summed E-state index contributed by atoms with van der Waals surface area (Å²) in [5.74, 6) is -0.883. The van der Waals surface area contributed by atoms with E-state index in [1.165, 1.54) is 0 Å². The van der Waals surface area contributed by atoms with Crippen LogP contribution in [0.15, 0.2) is 33.6 Å². The molecule has 3 rings (SSSR count). The van der Waals surface area contributed by atoms with E-state index in [-0.39, 0.29) is 11.4 Å². The van der Waals surface area contributed by atoms with E-state index in [2.05, 4.69) is 0 Å². The Balaban J connectivity index is 2.42. The van der Waals surface area contributed by atoms with Crippen molar-refractivity contribution < 1.29 is 9.59 Å². The first-order chi connectivity index (χ1) is 8.50. The van der Waals surface area contributed by atoms with Crippen LogP contribution in [0.4, 0.5) is 0 Å². The standard InChI is InChI=1S/C14H11NO2S/c1-6-3-4-9-11-8(5-7(2)18-9)12(14(15)17)13(16)10(6)11/h3-5H,1-2H3,(H2,15,17). The van der Waals surface area contributed by atoms with E-state index in [1.54, 1.807) is 11.8 Å². The molecule has 4 heteroatoms. The van der Waals surface area contributed by atoms with Gasteiger partial charge in [0.15, 0.2) is 5.78 Å². The van der Waals surface area contributed by atoms with Crippen molar-refractivity contribution in [2.45, 2.75) is 18.7 Å². The summed E-state index contributed by atoms with van der Waals surface area (Å²) < 4.78 is 0. The molecule has 0 aromatic heterocycles. The van der Waals surface area contributed by atoms with Crippen LogP contribution in [-0.4, -0.2) is 11.7 Å². The molecule has 3 nitrogen and oxygen atoms in total. The highest BCUT2D eigenvalue weighted by Crippen LogP contribution is 2.47. The van der Waals surface area contributed by atoms with Crippen LogP contribution in [0.5, 0.6) is 0 Å². The summed E-state index contributed by atoms with van der Waals surface area (Å²) in [6, 6.07) is 3.91. The molecule has 1 aromatic rings. The molecule has 0 saturated heterocycles. The molecule has 1 amide bonds. The topological polar surface area (TPSA) is 60.2 Å². The second-order valence-electron chi connectivity index (χ2n) is 4.47. The van der Waals surface area contributed by atoms with Crippen molar-refractivity contribution in [2.75, 3.05) is 0 Å². The normalized spacial score (nSPS) is 16.8. The quantitative estimate of drug-likeness (QED) is 0.786. The summed E-state index contributed by atoms with van der Waals surface area (Å²) in [6.45, 7) is 3.84. The number of benzene rings is 1. The molecular weight excluding hydrogens is 246 g/mol. The molecule has 0 saturated carbocycles. The van der Waals surface area contributed by atoms with E-state index in [0.717, 1.165) is 20.9 Å². The number of rotatable bonds is 1. The molecule has 2 aliphatic rings. The Bertz CT molecular complexity index is 683. The van der Waals surface area contributed by atoms with Gasteiger partial charge in [-0.3, -0.25) is 9.59 Å². The number of hydrogen-bond donors (Lipinski definition) is 1. The molecule has 2 N–H and O–H groups in total. The second kappa shape index (κ2) is 3.59. The lowest BCUT2D eigenvalue weighted by molar-refractivity contribution is -0.114. The molecule has 0 radical (unpaired) electrons. The Morgan fingerprint density at radius 2 is 1.94 bits per heavy atom. The van der Waals surface area contributed by atoms with Gasteiger partial charge in [0, 0.05) is 21.6 Å². The van der Waals surface area contributed by atoms with Crippen LogP contribution < -0.4 is 5.73 Å². The maximum atomic E-state index is 12.3. The van der Waals surface area contributed by atoms with Gasteiger partial charge in [-0.05, 0) is 36.5 Å². The maximum absolute atomic E-state index is 12.3. The van der Waals surface area contributed by atoms with Crippen molar-refractivity contribution in [1.29, 1.82) is 0 Å². The zero-order chi connectivity index (χ0) is 13.0. The molecule has 1 aliphatic carbocycles. The van der Waals surface area contributed by atoms with Crippen LogP contribution in [0, 0.1) is 6.92 Å². The first-order valence-corrected chi connectivity index (χ1v) is 6.41. The van der Waals surface area contributed by atoms with Crippen molar-refractivity contribution in [1.82, 2.24) is 0 Å². The molecule has 1 aromatic carbocycles. The zero-order valence-electron chi connectivity index (χ0n) is 10.0. The minimum Gasteiger partial charge on any atom is -0.365 e. The van der Waals surface area contributed by atoms with Gasteiger partial charge < -0.3 is 5.73 Å². The van der Waals surface area contributed by atoms with E-state index < -0.39 is 5.91 Å². The molecule has 18 heavy (non-hydrogen) atoms. The molecule has 1 heterocycles. The highest BCUT2D eigenvalue weighted by atomic mass is 32.2. The van der Waals surface area contributed by atoms with Gasteiger partial charge >= 0.3 is 0 Å². The summed E-state index contributed by atoms with van der Waals surface area (Å²) in [7, 11) is 0. The number of primary amides is 1. The third-order valence-electron chi connectivity index (χ3n) is 3.23. The Kier molecular flexibility index (Phi) is 2.25. The molecule has 0 spiro atoms. The van der Waals surface area contributed by atoms with E-state index in [9.17, 15) is 9.59 Å².